The van der Waals surface area contributed by atoms with E-state index in [4.69, 9.17) is 4.74 Å². The largest absolute Gasteiger partial charge is 0.452 e. The number of rotatable bonds is 7. The molecule has 2 aliphatic rings. The Labute approximate surface area is 174 Å². The van der Waals surface area contributed by atoms with E-state index in [2.05, 4.69) is 0 Å². The summed E-state index contributed by atoms with van der Waals surface area (Å²) in [6.07, 6.45) is 1.88. The second-order valence-electron chi connectivity index (χ2n) is 7.51. The SMILES string of the molecule is CCCCN1C(=O)c2ccc(C(=O)OCC(=O)N(C)[C@@H]3CCS(=O)(=O)C3)cc2C1=O. The molecule has 0 unspecified atom stereocenters. The molecule has 0 spiro atoms. The standard InChI is InChI=1S/C20H24N2O7S/c1-3-4-8-22-18(24)15-6-5-13(10-16(15)19(22)25)20(26)29-11-17(23)21(2)14-7-9-30(27,28)12-14/h5-6,10,14H,3-4,7-9,11-12H2,1-2H3/t14-/m1/s1. The smallest absolute Gasteiger partial charge is 0.338 e. The Balaban J connectivity index is 1.62. The lowest BCUT2D eigenvalue weighted by molar-refractivity contribution is -0.134. The molecule has 1 aromatic rings. The molecule has 0 radical (unpaired) electrons. The number of hydrogen-bond donors (Lipinski definition) is 0. The third-order valence-electron chi connectivity index (χ3n) is 5.42. The number of benzene rings is 1. The number of carbonyl (C=O) groups is 4. The van der Waals surface area contributed by atoms with Crippen LogP contribution in [0.4, 0.5) is 0 Å². The fourth-order valence-corrected chi connectivity index (χ4v) is 5.31. The summed E-state index contributed by atoms with van der Waals surface area (Å²) in [4.78, 5) is 51.9. The van der Waals surface area contributed by atoms with Gasteiger partial charge in [0.1, 0.15) is 0 Å². The summed E-state index contributed by atoms with van der Waals surface area (Å²) in [5.74, 6) is -2.21. The predicted molar refractivity (Wildman–Crippen MR) is 107 cm³/mol. The summed E-state index contributed by atoms with van der Waals surface area (Å²) in [7, 11) is -1.66. The molecule has 3 amide bonds. The van der Waals surface area contributed by atoms with Crippen molar-refractivity contribution in [3.8, 4) is 0 Å². The maximum Gasteiger partial charge on any atom is 0.338 e. The number of hydrogen-bond acceptors (Lipinski definition) is 7. The monoisotopic (exact) mass is 436 g/mol. The van der Waals surface area contributed by atoms with Gasteiger partial charge in [-0.05, 0) is 31.0 Å². The van der Waals surface area contributed by atoms with Crippen molar-refractivity contribution >= 4 is 33.5 Å². The summed E-state index contributed by atoms with van der Waals surface area (Å²) in [6.45, 7) is 1.73. The van der Waals surface area contributed by atoms with Crippen LogP contribution in [-0.4, -0.2) is 79.7 Å². The van der Waals surface area contributed by atoms with Gasteiger partial charge >= 0.3 is 5.97 Å². The number of likely N-dealkylation sites (N-methyl/N-ethyl adjacent to an activating group) is 1. The average molecular weight is 436 g/mol. The Morgan fingerprint density at radius 3 is 2.53 bits per heavy atom. The number of amides is 3. The van der Waals surface area contributed by atoms with Crippen LogP contribution in [0.15, 0.2) is 18.2 Å². The zero-order valence-corrected chi connectivity index (χ0v) is 17.7. The summed E-state index contributed by atoms with van der Waals surface area (Å²) in [5, 5.41) is 0. The third-order valence-corrected chi connectivity index (χ3v) is 7.17. The van der Waals surface area contributed by atoms with Gasteiger partial charge in [0, 0.05) is 19.6 Å². The first-order chi connectivity index (χ1) is 14.1. The molecule has 0 aliphatic carbocycles. The van der Waals surface area contributed by atoms with Gasteiger partial charge in [0.25, 0.3) is 17.7 Å². The Bertz CT molecular complexity index is 1000. The molecule has 30 heavy (non-hydrogen) atoms. The van der Waals surface area contributed by atoms with Crippen LogP contribution in [-0.2, 0) is 19.4 Å². The number of carbonyl (C=O) groups excluding carboxylic acids is 4. The molecule has 1 fully saturated rings. The first-order valence-corrected chi connectivity index (χ1v) is 11.6. The molecule has 1 atom stereocenters. The van der Waals surface area contributed by atoms with Gasteiger partial charge in [-0.3, -0.25) is 19.3 Å². The molecular formula is C20H24N2O7S. The minimum Gasteiger partial charge on any atom is -0.452 e. The lowest BCUT2D eigenvalue weighted by Gasteiger charge is -2.23. The van der Waals surface area contributed by atoms with Gasteiger partial charge in [-0.15, -0.1) is 0 Å². The van der Waals surface area contributed by atoms with E-state index in [0.717, 1.165) is 11.3 Å². The second kappa shape index (κ2) is 8.55. The molecule has 2 heterocycles. The van der Waals surface area contributed by atoms with E-state index < -0.39 is 40.3 Å². The minimum atomic E-state index is -3.14. The lowest BCUT2D eigenvalue weighted by Crippen LogP contribution is -2.40. The summed E-state index contributed by atoms with van der Waals surface area (Å²) >= 11 is 0. The molecule has 0 aromatic heterocycles. The normalized spacial score (nSPS) is 19.7. The second-order valence-corrected chi connectivity index (χ2v) is 9.74. The number of sulfone groups is 1. The van der Waals surface area contributed by atoms with Crippen LogP contribution in [0.25, 0.3) is 0 Å². The highest BCUT2D eigenvalue weighted by molar-refractivity contribution is 7.91. The highest BCUT2D eigenvalue weighted by atomic mass is 32.2. The van der Waals surface area contributed by atoms with E-state index in [-0.39, 0.29) is 34.1 Å². The van der Waals surface area contributed by atoms with E-state index in [0.29, 0.717) is 19.4 Å². The maximum absolute atomic E-state index is 12.5. The first kappa shape index (κ1) is 21.9. The molecule has 1 saturated heterocycles. The van der Waals surface area contributed by atoms with Gasteiger partial charge in [-0.2, -0.15) is 0 Å². The van der Waals surface area contributed by atoms with Gasteiger partial charge in [-0.1, -0.05) is 13.3 Å². The molecule has 162 valence electrons. The van der Waals surface area contributed by atoms with Crippen LogP contribution in [0, 0.1) is 0 Å². The van der Waals surface area contributed by atoms with E-state index in [9.17, 15) is 27.6 Å². The highest BCUT2D eigenvalue weighted by Crippen LogP contribution is 2.25. The average Bonchev–Trinajstić information content (AvgIpc) is 3.20. The van der Waals surface area contributed by atoms with Gasteiger partial charge in [-0.25, -0.2) is 13.2 Å². The number of ether oxygens (including phenoxy) is 1. The van der Waals surface area contributed by atoms with Gasteiger partial charge < -0.3 is 9.64 Å². The highest BCUT2D eigenvalue weighted by Gasteiger charge is 2.36. The van der Waals surface area contributed by atoms with Crippen LogP contribution < -0.4 is 0 Å². The van der Waals surface area contributed by atoms with Crippen LogP contribution in [0.2, 0.25) is 0 Å². The molecule has 3 rings (SSSR count). The summed E-state index contributed by atoms with van der Waals surface area (Å²) in [6, 6.07) is 3.67. The zero-order chi connectivity index (χ0) is 22.1. The van der Waals surface area contributed by atoms with Crippen molar-refractivity contribution in [3.05, 3.63) is 34.9 Å². The molecule has 2 aliphatic heterocycles. The molecule has 0 bridgehead atoms. The Morgan fingerprint density at radius 1 is 1.20 bits per heavy atom. The van der Waals surface area contributed by atoms with Crippen molar-refractivity contribution < 1.29 is 32.3 Å². The fourth-order valence-electron chi connectivity index (χ4n) is 3.53. The van der Waals surface area contributed by atoms with Crippen molar-refractivity contribution in [2.75, 3.05) is 31.7 Å². The zero-order valence-electron chi connectivity index (χ0n) is 16.9. The predicted octanol–water partition coefficient (Wildman–Crippen LogP) is 0.885. The maximum atomic E-state index is 12.5. The van der Waals surface area contributed by atoms with Crippen LogP contribution >= 0.6 is 0 Å². The number of esters is 1. The van der Waals surface area contributed by atoms with Crippen molar-refractivity contribution in [1.82, 2.24) is 9.80 Å². The van der Waals surface area contributed by atoms with E-state index in [1.807, 2.05) is 6.92 Å². The molecule has 0 saturated carbocycles. The number of fused-ring (bicyclic) bond motifs is 1. The molecule has 9 nitrogen and oxygen atoms in total. The van der Waals surface area contributed by atoms with E-state index in [1.54, 1.807) is 0 Å². The van der Waals surface area contributed by atoms with Crippen molar-refractivity contribution in [1.29, 1.82) is 0 Å². The van der Waals surface area contributed by atoms with Crippen molar-refractivity contribution in [2.24, 2.45) is 0 Å². The lowest BCUT2D eigenvalue weighted by atomic mass is 10.1. The minimum absolute atomic E-state index is 0.0340. The molecule has 10 heteroatoms. The van der Waals surface area contributed by atoms with Crippen molar-refractivity contribution in [3.63, 3.8) is 0 Å². The first-order valence-electron chi connectivity index (χ1n) is 9.78. The summed E-state index contributed by atoms with van der Waals surface area (Å²) < 4.78 is 28.2. The number of unbranched alkanes of at least 4 members (excludes halogenated alkanes) is 1. The summed E-state index contributed by atoms with van der Waals surface area (Å²) in [5.41, 5.74) is 0.446. The van der Waals surface area contributed by atoms with Crippen LogP contribution in [0.5, 0.6) is 0 Å². The molecular weight excluding hydrogens is 412 g/mol. The Morgan fingerprint density at radius 2 is 1.90 bits per heavy atom. The van der Waals surface area contributed by atoms with Crippen molar-refractivity contribution in [2.45, 2.75) is 32.2 Å². The van der Waals surface area contributed by atoms with E-state index in [1.165, 1.54) is 30.1 Å². The molecule has 1 aromatic carbocycles. The quantitative estimate of drug-likeness (QED) is 0.460. The van der Waals surface area contributed by atoms with Crippen LogP contribution in [0.1, 0.15) is 57.3 Å². The number of nitrogens with zero attached hydrogens (tertiary/aromatic N) is 2. The van der Waals surface area contributed by atoms with Gasteiger partial charge in [0.15, 0.2) is 16.4 Å². The van der Waals surface area contributed by atoms with E-state index >= 15 is 0 Å². The Kier molecular flexibility index (Phi) is 6.25. The van der Waals surface area contributed by atoms with Gasteiger partial charge in [0.2, 0.25) is 0 Å². The van der Waals surface area contributed by atoms with Gasteiger partial charge in [0.05, 0.1) is 28.2 Å². The van der Waals surface area contributed by atoms with Crippen LogP contribution in [0.3, 0.4) is 0 Å². The fraction of sp³-hybridized carbons (Fsp3) is 0.500. The molecule has 0 N–H and O–H groups in total. The Hall–Kier alpha value is -2.75. The number of imide groups is 1. The third kappa shape index (κ3) is 4.38. The topological polar surface area (TPSA) is 118 Å².